The van der Waals surface area contributed by atoms with Crippen LogP contribution in [0, 0.1) is 0 Å². The van der Waals surface area contributed by atoms with Gasteiger partial charge in [0.15, 0.2) is 6.29 Å². The summed E-state index contributed by atoms with van der Waals surface area (Å²) < 4.78 is 11.5. The first kappa shape index (κ1) is 14.3. The molecule has 0 N–H and O–H groups in total. The van der Waals surface area contributed by atoms with E-state index in [1.165, 1.54) is 5.56 Å². The first-order valence-electron chi connectivity index (χ1n) is 7.04. The zero-order valence-corrected chi connectivity index (χ0v) is 11.8. The lowest BCUT2D eigenvalue weighted by molar-refractivity contribution is -0.0245. The maximum atomic E-state index is 5.87. The van der Waals surface area contributed by atoms with Crippen LogP contribution in [0.3, 0.4) is 0 Å². The molecule has 1 aliphatic heterocycles. The van der Waals surface area contributed by atoms with Crippen LogP contribution in [0.1, 0.15) is 19.4 Å². The van der Waals surface area contributed by atoms with Crippen molar-refractivity contribution in [2.45, 2.75) is 26.2 Å². The van der Waals surface area contributed by atoms with Crippen LogP contribution in [-0.4, -0.2) is 43.5 Å². The SMILES string of the molecule is CCN(CC)C[C@H]1CO[C@H](/C=C/c2ccccc2)O1. The molecule has 0 aromatic heterocycles. The van der Waals surface area contributed by atoms with Gasteiger partial charge < -0.3 is 14.4 Å². The number of hydrogen-bond donors (Lipinski definition) is 0. The summed E-state index contributed by atoms with van der Waals surface area (Å²) >= 11 is 0. The van der Waals surface area contributed by atoms with Crippen molar-refractivity contribution in [3.63, 3.8) is 0 Å². The minimum absolute atomic E-state index is 0.185. The van der Waals surface area contributed by atoms with Gasteiger partial charge in [-0.25, -0.2) is 0 Å². The Balaban J connectivity index is 1.80. The number of hydrogen-bond acceptors (Lipinski definition) is 3. The van der Waals surface area contributed by atoms with Gasteiger partial charge in [-0.1, -0.05) is 50.3 Å². The van der Waals surface area contributed by atoms with E-state index >= 15 is 0 Å². The molecule has 2 atom stereocenters. The molecular weight excluding hydrogens is 238 g/mol. The highest BCUT2D eigenvalue weighted by atomic mass is 16.7. The molecule has 3 nitrogen and oxygen atoms in total. The lowest BCUT2D eigenvalue weighted by Gasteiger charge is -2.20. The number of rotatable bonds is 6. The molecular formula is C16H23NO2. The number of likely N-dealkylation sites (N-methyl/N-ethyl adjacent to an activating group) is 1. The Kier molecular flexibility index (Phi) is 5.58. The average Bonchev–Trinajstić information content (AvgIpc) is 2.91. The van der Waals surface area contributed by atoms with Gasteiger partial charge in [0.25, 0.3) is 0 Å². The Bertz CT molecular complexity index is 387. The van der Waals surface area contributed by atoms with Gasteiger partial charge in [0.05, 0.1) is 12.7 Å². The van der Waals surface area contributed by atoms with Crippen LogP contribution in [0.2, 0.25) is 0 Å². The lowest BCUT2D eigenvalue weighted by Crippen LogP contribution is -2.33. The normalized spacial score (nSPS) is 23.5. The van der Waals surface area contributed by atoms with Crippen LogP contribution in [0.4, 0.5) is 0 Å². The largest absolute Gasteiger partial charge is 0.346 e. The van der Waals surface area contributed by atoms with Gasteiger partial charge in [-0.15, -0.1) is 0 Å². The lowest BCUT2D eigenvalue weighted by atomic mass is 10.2. The van der Waals surface area contributed by atoms with Crippen LogP contribution in [0.5, 0.6) is 0 Å². The van der Waals surface area contributed by atoms with E-state index in [9.17, 15) is 0 Å². The Morgan fingerprint density at radius 2 is 1.95 bits per heavy atom. The van der Waals surface area contributed by atoms with E-state index in [2.05, 4.69) is 30.9 Å². The Morgan fingerprint density at radius 1 is 1.21 bits per heavy atom. The summed E-state index contributed by atoms with van der Waals surface area (Å²) in [5, 5.41) is 0. The van der Waals surface area contributed by atoms with Crippen molar-refractivity contribution in [1.82, 2.24) is 4.90 Å². The maximum absolute atomic E-state index is 5.87. The molecule has 0 saturated carbocycles. The van der Waals surface area contributed by atoms with Crippen molar-refractivity contribution in [3.8, 4) is 0 Å². The quantitative estimate of drug-likeness (QED) is 0.786. The summed E-state index contributed by atoms with van der Waals surface area (Å²) in [5.74, 6) is 0. The van der Waals surface area contributed by atoms with E-state index in [1.807, 2.05) is 30.4 Å². The van der Waals surface area contributed by atoms with E-state index in [0.717, 1.165) is 19.6 Å². The van der Waals surface area contributed by atoms with Gasteiger partial charge in [-0.05, 0) is 24.7 Å². The highest BCUT2D eigenvalue weighted by Crippen LogP contribution is 2.15. The molecule has 2 rings (SSSR count). The third-order valence-corrected chi connectivity index (χ3v) is 3.37. The number of nitrogens with zero attached hydrogens (tertiary/aromatic N) is 1. The van der Waals surface area contributed by atoms with Crippen molar-refractivity contribution >= 4 is 6.08 Å². The van der Waals surface area contributed by atoms with Crippen LogP contribution >= 0.6 is 0 Å². The fourth-order valence-electron chi connectivity index (χ4n) is 2.19. The van der Waals surface area contributed by atoms with Gasteiger partial charge in [0.1, 0.15) is 0 Å². The number of ether oxygens (including phenoxy) is 2. The molecule has 1 saturated heterocycles. The molecule has 3 heteroatoms. The Hall–Kier alpha value is -1.16. The second kappa shape index (κ2) is 7.43. The van der Waals surface area contributed by atoms with E-state index in [0.29, 0.717) is 6.61 Å². The van der Waals surface area contributed by atoms with Crippen LogP contribution in [0.15, 0.2) is 36.4 Å². The molecule has 0 spiro atoms. The predicted molar refractivity (Wildman–Crippen MR) is 77.9 cm³/mol. The summed E-state index contributed by atoms with van der Waals surface area (Å²) in [5.41, 5.74) is 1.17. The van der Waals surface area contributed by atoms with Crippen molar-refractivity contribution < 1.29 is 9.47 Å². The van der Waals surface area contributed by atoms with Crippen LogP contribution in [0.25, 0.3) is 6.08 Å². The second-order valence-corrected chi connectivity index (χ2v) is 4.72. The average molecular weight is 261 g/mol. The highest BCUT2D eigenvalue weighted by Gasteiger charge is 2.25. The summed E-state index contributed by atoms with van der Waals surface area (Å²) in [7, 11) is 0. The molecule has 104 valence electrons. The first-order valence-corrected chi connectivity index (χ1v) is 7.04. The topological polar surface area (TPSA) is 21.7 Å². The molecule has 1 fully saturated rings. The molecule has 1 heterocycles. The van der Waals surface area contributed by atoms with Crippen molar-refractivity contribution in [2.24, 2.45) is 0 Å². The second-order valence-electron chi connectivity index (χ2n) is 4.72. The molecule has 0 unspecified atom stereocenters. The Labute approximate surface area is 115 Å². The zero-order valence-electron chi connectivity index (χ0n) is 11.8. The Morgan fingerprint density at radius 3 is 2.63 bits per heavy atom. The minimum Gasteiger partial charge on any atom is -0.346 e. The maximum Gasteiger partial charge on any atom is 0.177 e. The molecule has 19 heavy (non-hydrogen) atoms. The molecule has 0 amide bonds. The van der Waals surface area contributed by atoms with Crippen LogP contribution in [-0.2, 0) is 9.47 Å². The fraction of sp³-hybridized carbons (Fsp3) is 0.500. The first-order chi connectivity index (χ1) is 9.31. The van der Waals surface area contributed by atoms with Gasteiger partial charge >= 0.3 is 0 Å². The monoisotopic (exact) mass is 261 g/mol. The van der Waals surface area contributed by atoms with Gasteiger partial charge in [-0.3, -0.25) is 0 Å². The van der Waals surface area contributed by atoms with E-state index in [4.69, 9.17) is 9.47 Å². The minimum atomic E-state index is -0.208. The highest BCUT2D eigenvalue weighted by molar-refractivity contribution is 5.49. The van der Waals surface area contributed by atoms with Gasteiger partial charge in [0.2, 0.25) is 0 Å². The van der Waals surface area contributed by atoms with E-state index in [1.54, 1.807) is 0 Å². The van der Waals surface area contributed by atoms with E-state index in [-0.39, 0.29) is 12.4 Å². The summed E-state index contributed by atoms with van der Waals surface area (Å²) in [6, 6.07) is 10.2. The molecule has 0 bridgehead atoms. The molecule has 1 aliphatic rings. The van der Waals surface area contributed by atoms with Crippen molar-refractivity contribution in [1.29, 1.82) is 0 Å². The van der Waals surface area contributed by atoms with Crippen LogP contribution < -0.4 is 0 Å². The molecule has 1 aromatic rings. The summed E-state index contributed by atoms with van der Waals surface area (Å²) in [6.07, 6.45) is 4.01. The summed E-state index contributed by atoms with van der Waals surface area (Å²) in [6.45, 7) is 8.09. The van der Waals surface area contributed by atoms with Gasteiger partial charge in [-0.2, -0.15) is 0 Å². The van der Waals surface area contributed by atoms with Crippen molar-refractivity contribution in [2.75, 3.05) is 26.2 Å². The van der Waals surface area contributed by atoms with Crippen molar-refractivity contribution in [3.05, 3.63) is 42.0 Å². The molecule has 1 aromatic carbocycles. The third-order valence-electron chi connectivity index (χ3n) is 3.37. The molecule has 0 aliphatic carbocycles. The predicted octanol–water partition coefficient (Wildman–Crippen LogP) is 2.78. The van der Waals surface area contributed by atoms with E-state index < -0.39 is 0 Å². The summed E-state index contributed by atoms with van der Waals surface area (Å²) in [4.78, 5) is 2.36. The third kappa shape index (κ3) is 4.46. The fourth-order valence-corrected chi connectivity index (χ4v) is 2.19. The zero-order chi connectivity index (χ0) is 13.5. The smallest absolute Gasteiger partial charge is 0.177 e. The number of benzene rings is 1. The standard InChI is InChI=1S/C16H23NO2/c1-3-17(4-2)12-15-13-18-16(19-15)11-10-14-8-6-5-7-9-14/h5-11,15-16H,3-4,12-13H2,1-2H3/b11-10+/t15-,16-/m0/s1. The molecule has 0 radical (unpaired) electrons. The van der Waals surface area contributed by atoms with Gasteiger partial charge in [0, 0.05) is 6.54 Å².